The molecule has 3 aromatic rings. The summed E-state index contributed by atoms with van der Waals surface area (Å²) in [5, 5.41) is 12.3. The van der Waals surface area contributed by atoms with Crippen LogP contribution in [0.1, 0.15) is 47.2 Å². The SMILES string of the molecule is CCn1c(SCC(=O)N2CCc3ccccc3C2)nnc1[C@H](C)NC(=O)c1ccc(OC)cc1. The Morgan fingerprint density at radius 2 is 1.85 bits per heavy atom. The van der Waals surface area contributed by atoms with Gasteiger partial charge >= 0.3 is 0 Å². The van der Waals surface area contributed by atoms with Crippen molar-refractivity contribution in [1.82, 2.24) is 25.0 Å². The molecule has 0 fully saturated rings. The molecular weight excluding hydrogens is 450 g/mol. The van der Waals surface area contributed by atoms with Crippen LogP contribution >= 0.6 is 11.8 Å². The van der Waals surface area contributed by atoms with Crippen molar-refractivity contribution in [2.75, 3.05) is 19.4 Å². The van der Waals surface area contributed by atoms with Crippen LogP contribution in [0.2, 0.25) is 0 Å². The molecule has 4 rings (SSSR count). The summed E-state index contributed by atoms with van der Waals surface area (Å²) in [4.78, 5) is 27.4. The summed E-state index contributed by atoms with van der Waals surface area (Å²) in [6, 6.07) is 14.9. The normalized spacial score (nSPS) is 13.8. The van der Waals surface area contributed by atoms with E-state index < -0.39 is 0 Å². The van der Waals surface area contributed by atoms with Crippen molar-refractivity contribution in [2.24, 2.45) is 0 Å². The van der Waals surface area contributed by atoms with Crippen molar-refractivity contribution in [1.29, 1.82) is 0 Å². The van der Waals surface area contributed by atoms with Gasteiger partial charge in [0.2, 0.25) is 5.91 Å². The zero-order valence-electron chi connectivity index (χ0n) is 19.7. The fourth-order valence-corrected chi connectivity index (χ4v) is 4.95. The zero-order chi connectivity index (χ0) is 24.1. The van der Waals surface area contributed by atoms with Gasteiger partial charge in [0.05, 0.1) is 18.9 Å². The van der Waals surface area contributed by atoms with Gasteiger partial charge in [0.25, 0.3) is 5.91 Å². The molecule has 34 heavy (non-hydrogen) atoms. The summed E-state index contributed by atoms with van der Waals surface area (Å²) in [6.45, 7) is 5.89. The van der Waals surface area contributed by atoms with E-state index in [1.807, 2.05) is 35.4 Å². The largest absolute Gasteiger partial charge is 0.497 e. The average Bonchev–Trinajstić information content (AvgIpc) is 3.30. The van der Waals surface area contributed by atoms with Crippen LogP contribution in [0.25, 0.3) is 0 Å². The van der Waals surface area contributed by atoms with Crippen molar-refractivity contribution >= 4 is 23.6 Å². The van der Waals surface area contributed by atoms with E-state index in [0.29, 0.717) is 41.1 Å². The van der Waals surface area contributed by atoms with Gasteiger partial charge in [-0.15, -0.1) is 10.2 Å². The van der Waals surface area contributed by atoms with Crippen molar-refractivity contribution in [2.45, 2.75) is 44.6 Å². The van der Waals surface area contributed by atoms with E-state index in [0.717, 1.165) is 13.0 Å². The average molecular weight is 480 g/mol. The predicted molar refractivity (Wildman–Crippen MR) is 131 cm³/mol. The second-order valence-electron chi connectivity index (χ2n) is 8.13. The molecule has 0 radical (unpaired) electrons. The van der Waals surface area contributed by atoms with Crippen LogP contribution in [0.5, 0.6) is 5.75 Å². The fraction of sp³-hybridized carbons (Fsp3) is 0.360. The van der Waals surface area contributed by atoms with Gasteiger partial charge < -0.3 is 19.5 Å². The molecule has 8 nitrogen and oxygen atoms in total. The van der Waals surface area contributed by atoms with Crippen molar-refractivity contribution in [3.05, 3.63) is 71.0 Å². The molecule has 0 saturated heterocycles. The summed E-state index contributed by atoms with van der Waals surface area (Å²) in [5.41, 5.74) is 3.08. The van der Waals surface area contributed by atoms with Crippen LogP contribution in [-0.4, -0.2) is 50.9 Å². The number of hydrogen-bond acceptors (Lipinski definition) is 6. The lowest BCUT2D eigenvalue weighted by atomic mass is 10.00. The summed E-state index contributed by atoms with van der Waals surface area (Å²) >= 11 is 1.38. The first-order valence-electron chi connectivity index (χ1n) is 11.4. The number of benzene rings is 2. The third kappa shape index (κ3) is 5.25. The number of fused-ring (bicyclic) bond motifs is 1. The van der Waals surface area contributed by atoms with Crippen molar-refractivity contribution in [3.8, 4) is 5.75 Å². The van der Waals surface area contributed by atoms with Crippen LogP contribution < -0.4 is 10.1 Å². The highest BCUT2D eigenvalue weighted by molar-refractivity contribution is 7.99. The highest BCUT2D eigenvalue weighted by atomic mass is 32.2. The third-order valence-electron chi connectivity index (χ3n) is 5.96. The second kappa shape index (κ2) is 10.7. The maximum Gasteiger partial charge on any atom is 0.251 e. The maximum atomic E-state index is 12.9. The molecule has 0 bridgehead atoms. The Labute approximate surface area is 203 Å². The van der Waals surface area contributed by atoms with Crippen LogP contribution in [0.4, 0.5) is 0 Å². The Hall–Kier alpha value is -3.33. The topological polar surface area (TPSA) is 89.4 Å². The second-order valence-corrected chi connectivity index (χ2v) is 9.07. The monoisotopic (exact) mass is 479 g/mol. The van der Waals surface area contributed by atoms with Crippen LogP contribution in [0.3, 0.4) is 0 Å². The summed E-state index contributed by atoms with van der Waals surface area (Å²) in [5.74, 6) is 1.54. The molecule has 0 unspecified atom stereocenters. The molecule has 2 heterocycles. The van der Waals surface area contributed by atoms with E-state index in [1.165, 1.54) is 22.9 Å². The van der Waals surface area contributed by atoms with Crippen LogP contribution in [0, 0.1) is 0 Å². The Morgan fingerprint density at radius 3 is 2.56 bits per heavy atom. The summed E-state index contributed by atoms with van der Waals surface area (Å²) in [7, 11) is 1.59. The summed E-state index contributed by atoms with van der Waals surface area (Å²) in [6.07, 6.45) is 0.882. The third-order valence-corrected chi connectivity index (χ3v) is 6.91. The predicted octanol–water partition coefficient (Wildman–Crippen LogP) is 3.47. The van der Waals surface area contributed by atoms with Gasteiger partial charge in [0, 0.05) is 25.2 Å². The van der Waals surface area contributed by atoms with Crippen LogP contribution in [0.15, 0.2) is 53.7 Å². The number of thioether (sulfide) groups is 1. The van der Waals surface area contributed by atoms with Gasteiger partial charge in [-0.05, 0) is 55.7 Å². The zero-order valence-corrected chi connectivity index (χ0v) is 20.5. The van der Waals surface area contributed by atoms with Crippen LogP contribution in [-0.2, 0) is 24.3 Å². The van der Waals surface area contributed by atoms with E-state index in [1.54, 1.807) is 31.4 Å². The lowest BCUT2D eigenvalue weighted by Gasteiger charge is -2.28. The molecule has 0 spiro atoms. The number of aromatic nitrogens is 3. The Bertz CT molecular complexity index is 1160. The highest BCUT2D eigenvalue weighted by Crippen LogP contribution is 2.23. The van der Waals surface area contributed by atoms with E-state index in [4.69, 9.17) is 4.74 Å². The Kier molecular flexibility index (Phi) is 7.52. The highest BCUT2D eigenvalue weighted by Gasteiger charge is 2.23. The number of carbonyl (C=O) groups is 2. The van der Waals surface area contributed by atoms with E-state index in [2.05, 4.69) is 27.6 Å². The van der Waals surface area contributed by atoms with Crippen molar-refractivity contribution < 1.29 is 14.3 Å². The van der Waals surface area contributed by atoms with Gasteiger partial charge in [0.15, 0.2) is 11.0 Å². The van der Waals surface area contributed by atoms with E-state index >= 15 is 0 Å². The molecule has 1 aliphatic heterocycles. The number of carbonyl (C=O) groups excluding carboxylic acids is 2. The Balaban J connectivity index is 1.37. The molecule has 178 valence electrons. The lowest BCUT2D eigenvalue weighted by molar-refractivity contribution is -0.129. The lowest BCUT2D eigenvalue weighted by Crippen LogP contribution is -2.37. The van der Waals surface area contributed by atoms with Gasteiger partial charge in [0.1, 0.15) is 5.75 Å². The standard InChI is InChI=1S/C25H29N5O3S/c1-4-30-23(17(2)26-24(32)19-9-11-21(33-3)12-10-19)27-28-25(30)34-16-22(31)29-14-13-18-7-5-6-8-20(18)15-29/h5-12,17H,4,13-16H2,1-3H3,(H,26,32)/t17-/m0/s1. The minimum Gasteiger partial charge on any atom is -0.497 e. The Morgan fingerprint density at radius 1 is 1.12 bits per heavy atom. The number of ether oxygens (including phenoxy) is 1. The number of nitrogens with zero attached hydrogens (tertiary/aromatic N) is 4. The number of rotatable bonds is 8. The molecule has 0 aliphatic carbocycles. The quantitative estimate of drug-likeness (QED) is 0.498. The maximum absolute atomic E-state index is 12.9. The number of nitrogens with one attached hydrogen (secondary N) is 1. The van der Waals surface area contributed by atoms with Crippen molar-refractivity contribution in [3.63, 3.8) is 0 Å². The van der Waals surface area contributed by atoms with Gasteiger partial charge in [-0.2, -0.15) is 0 Å². The minimum absolute atomic E-state index is 0.0903. The fourth-order valence-electron chi connectivity index (χ4n) is 4.04. The molecular formula is C25H29N5O3S. The molecule has 1 aliphatic rings. The molecule has 1 N–H and O–H groups in total. The molecule has 2 aromatic carbocycles. The first kappa shape index (κ1) is 23.8. The number of hydrogen-bond donors (Lipinski definition) is 1. The molecule has 9 heteroatoms. The number of amides is 2. The minimum atomic E-state index is -0.342. The first-order valence-corrected chi connectivity index (χ1v) is 12.3. The molecule has 0 saturated carbocycles. The van der Waals surface area contributed by atoms with Gasteiger partial charge in [-0.25, -0.2) is 0 Å². The van der Waals surface area contributed by atoms with Gasteiger partial charge in [-0.3, -0.25) is 9.59 Å². The molecule has 2 amide bonds. The van der Waals surface area contributed by atoms with Gasteiger partial charge in [-0.1, -0.05) is 36.0 Å². The van der Waals surface area contributed by atoms with E-state index in [9.17, 15) is 9.59 Å². The summed E-state index contributed by atoms with van der Waals surface area (Å²) < 4.78 is 7.09. The number of methoxy groups -OCH3 is 1. The molecule has 1 atom stereocenters. The molecule has 1 aromatic heterocycles. The first-order chi connectivity index (χ1) is 16.5. The smallest absolute Gasteiger partial charge is 0.251 e. The van der Waals surface area contributed by atoms with E-state index in [-0.39, 0.29) is 17.9 Å².